The number of nitrogens with zero attached hydrogens (tertiary/aromatic N) is 3. The summed E-state index contributed by atoms with van der Waals surface area (Å²) in [4.78, 5) is 34.5. The summed E-state index contributed by atoms with van der Waals surface area (Å²) in [7, 11) is 0. The minimum absolute atomic E-state index is 0.266. The van der Waals surface area contributed by atoms with Crippen LogP contribution in [0.3, 0.4) is 0 Å². The molecule has 8 heteroatoms. The van der Waals surface area contributed by atoms with Gasteiger partial charge in [-0.25, -0.2) is 9.97 Å². The zero-order valence-electron chi connectivity index (χ0n) is 15.7. The van der Waals surface area contributed by atoms with Crippen LogP contribution in [-0.4, -0.2) is 52.0 Å². The molecule has 2 aromatic heterocycles. The summed E-state index contributed by atoms with van der Waals surface area (Å²) in [5.74, 6) is -0.0147. The van der Waals surface area contributed by atoms with E-state index in [1.807, 2.05) is 24.3 Å². The van der Waals surface area contributed by atoms with Gasteiger partial charge >= 0.3 is 0 Å². The van der Waals surface area contributed by atoms with E-state index in [-0.39, 0.29) is 5.91 Å². The summed E-state index contributed by atoms with van der Waals surface area (Å²) in [6, 6.07) is 7.25. The minimum Gasteiger partial charge on any atom is -0.381 e. The highest BCUT2D eigenvalue weighted by Crippen LogP contribution is 2.27. The Morgan fingerprint density at radius 2 is 2.11 bits per heavy atom. The van der Waals surface area contributed by atoms with Gasteiger partial charge in [-0.2, -0.15) is 0 Å². The molecule has 4 rings (SSSR count). The molecule has 2 aliphatic rings. The topological polar surface area (TPSA) is 110 Å². The summed E-state index contributed by atoms with van der Waals surface area (Å²) in [5, 5.41) is 3.44. The van der Waals surface area contributed by atoms with E-state index in [4.69, 9.17) is 10.5 Å². The lowest BCUT2D eigenvalue weighted by Crippen LogP contribution is -2.42. The highest BCUT2D eigenvalue weighted by atomic mass is 16.5. The van der Waals surface area contributed by atoms with Gasteiger partial charge < -0.3 is 20.7 Å². The lowest BCUT2D eigenvalue weighted by molar-refractivity contribution is -0.122. The molecule has 0 saturated carbocycles. The van der Waals surface area contributed by atoms with E-state index in [0.29, 0.717) is 24.0 Å². The Morgan fingerprint density at radius 1 is 1.32 bits per heavy atom. The van der Waals surface area contributed by atoms with Crippen molar-refractivity contribution in [3.8, 4) is 11.3 Å². The van der Waals surface area contributed by atoms with Crippen LogP contribution in [0.4, 0.5) is 5.82 Å². The van der Waals surface area contributed by atoms with Crippen molar-refractivity contribution < 1.29 is 14.3 Å². The van der Waals surface area contributed by atoms with Crippen molar-refractivity contribution in [2.24, 2.45) is 5.73 Å². The number of ether oxygens (including phenoxy) is 1. The predicted molar refractivity (Wildman–Crippen MR) is 103 cm³/mol. The first kappa shape index (κ1) is 18.4. The number of rotatable bonds is 5. The number of hydrogen-bond acceptors (Lipinski definition) is 6. The van der Waals surface area contributed by atoms with Crippen LogP contribution in [-0.2, 0) is 16.1 Å². The quantitative estimate of drug-likeness (QED) is 0.813. The van der Waals surface area contributed by atoms with Gasteiger partial charge in [-0.1, -0.05) is 6.07 Å². The van der Waals surface area contributed by atoms with Gasteiger partial charge in [0.25, 0.3) is 5.91 Å². The Hall–Kier alpha value is -3.00. The van der Waals surface area contributed by atoms with Gasteiger partial charge in [-0.3, -0.25) is 9.59 Å². The van der Waals surface area contributed by atoms with Crippen molar-refractivity contribution in [2.75, 3.05) is 18.5 Å². The maximum Gasteiger partial charge on any atom is 0.273 e. The maximum absolute atomic E-state index is 12.7. The molecular formula is C20H23N5O3. The second-order valence-electron chi connectivity index (χ2n) is 7.18. The van der Waals surface area contributed by atoms with Crippen LogP contribution < -0.4 is 11.1 Å². The first-order valence-electron chi connectivity index (χ1n) is 9.44. The van der Waals surface area contributed by atoms with Crippen LogP contribution in [0, 0.1) is 0 Å². The summed E-state index contributed by atoms with van der Waals surface area (Å²) in [5.41, 5.74) is 8.10. The highest BCUT2D eigenvalue weighted by molar-refractivity contribution is 5.99. The number of fused-ring (bicyclic) bond motifs is 1. The fourth-order valence-electron chi connectivity index (χ4n) is 3.54. The van der Waals surface area contributed by atoms with Crippen LogP contribution in [0.5, 0.6) is 0 Å². The number of primary amides is 1. The lowest BCUT2D eigenvalue weighted by atomic mass is 10.1. The molecule has 2 aliphatic heterocycles. The predicted octanol–water partition coefficient (Wildman–Crippen LogP) is 1.56. The molecule has 146 valence electrons. The smallest absolute Gasteiger partial charge is 0.273 e. The van der Waals surface area contributed by atoms with Gasteiger partial charge in [0.2, 0.25) is 5.91 Å². The molecule has 8 nitrogen and oxygen atoms in total. The molecule has 4 heterocycles. The molecular weight excluding hydrogens is 358 g/mol. The van der Waals surface area contributed by atoms with E-state index in [1.54, 1.807) is 13.1 Å². The number of aromatic nitrogens is 2. The van der Waals surface area contributed by atoms with Crippen molar-refractivity contribution in [3.05, 3.63) is 41.7 Å². The van der Waals surface area contributed by atoms with Gasteiger partial charge in [0, 0.05) is 43.1 Å². The molecule has 3 N–H and O–H groups in total. The summed E-state index contributed by atoms with van der Waals surface area (Å²) < 4.78 is 5.39. The van der Waals surface area contributed by atoms with Crippen LogP contribution in [0.2, 0.25) is 0 Å². The average molecular weight is 381 g/mol. The van der Waals surface area contributed by atoms with Gasteiger partial charge in [-0.15, -0.1) is 0 Å². The third kappa shape index (κ3) is 3.55. The molecule has 0 aromatic carbocycles. The Bertz CT molecular complexity index is 910. The third-order valence-electron chi connectivity index (χ3n) is 5.29. The van der Waals surface area contributed by atoms with Gasteiger partial charge in [0.1, 0.15) is 17.6 Å². The molecule has 0 radical (unpaired) electrons. The summed E-state index contributed by atoms with van der Waals surface area (Å²) >= 11 is 0. The van der Waals surface area contributed by atoms with E-state index < -0.39 is 11.9 Å². The molecule has 0 bridgehead atoms. The molecule has 28 heavy (non-hydrogen) atoms. The molecule has 1 atom stereocenters. The van der Waals surface area contributed by atoms with E-state index >= 15 is 0 Å². The lowest BCUT2D eigenvalue weighted by Gasteiger charge is -2.23. The number of nitrogens with two attached hydrogens (primary N) is 1. The van der Waals surface area contributed by atoms with Crippen molar-refractivity contribution in [3.63, 3.8) is 0 Å². The number of carbonyl (C=O) groups is 2. The van der Waals surface area contributed by atoms with Gasteiger partial charge in [-0.05, 0) is 38.0 Å². The monoisotopic (exact) mass is 381 g/mol. The molecule has 0 aliphatic carbocycles. The first-order chi connectivity index (χ1) is 13.5. The van der Waals surface area contributed by atoms with Gasteiger partial charge in [0.15, 0.2) is 0 Å². The molecule has 1 fully saturated rings. The van der Waals surface area contributed by atoms with E-state index in [9.17, 15) is 9.59 Å². The van der Waals surface area contributed by atoms with E-state index in [1.165, 1.54) is 4.90 Å². The normalized spacial score (nSPS) is 18.0. The maximum atomic E-state index is 12.7. The van der Waals surface area contributed by atoms with Crippen LogP contribution in [0.25, 0.3) is 11.3 Å². The Labute approximate surface area is 163 Å². The number of hydrogen-bond donors (Lipinski definition) is 2. The number of amides is 2. The minimum atomic E-state index is -0.665. The van der Waals surface area contributed by atoms with E-state index in [0.717, 1.165) is 43.0 Å². The average Bonchev–Trinajstić information content (AvgIpc) is 3.04. The van der Waals surface area contributed by atoms with Crippen molar-refractivity contribution in [2.45, 2.75) is 38.4 Å². The van der Waals surface area contributed by atoms with Crippen molar-refractivity contribution >= 4 is 17.6 Å². The zero-order chi connectivity index (χ0) is 19.7. The molecule has 2 amide bonds. The second kappa shape index (κ2) is 7.55. The summed E-state index contributed by atoms with van der Waals surface area (Å²) in [6.07, 6.45) is 3.63. The standard InChI is InChI=1S/C20H23N5O3/c1-12(19(21)26)25-11-14-2-3-16(24-18(14)20(25)27)13-4-7-22-17(10-13)23-15-5-8-28-9-6-15/h2-4,7,10,12,15H,5-6,8-9,11H2,1H3,(H2,21,26)(H,22,23). The fourth-order valence-corrected chi connectivity index (χ4v) is 3.54. The summed E-state index contributed by atoms with van der Waals surface area (Å²) in [6.45, 7) is 3.49. The van der Waals surface area contributed by atoms with Crippen molar-refractivity contribution in [1.29, 1.82) is 0 Å². The fraction of sp³-hybridized carbons (Fsp3) is 0.400. The zero-order valence-corrected chi connectivity index (χ0v) is 15.7. The van der Waals surface area contributed by atoms with Crippen molar-refractivity contribution in [1.82, 2.24) is 14.9 Å². The largest absolute Gasteiger partial charge is 0.381 e. The first-order valence-corrected chi connectivity index (χ1v) is 9.44. The van der Waals surface area contributed by atoms with Gasteiger partial charge in [0.05, 0.1) is 5.69 Å². The second-order valence-corrected chi connectivity index (χ2v) is 7.18. The SMILES string of the molecule is CC(C(N)=O)N1Cc2ccc(-c3ccnc(NC4CCOCC4)c3)nc2C1=O. The number of pyridine rings is 2. The number of nitrogens with one attached hydrogen (secondary N) is 1. The Balaban J connectivity index is 1.56. The van der Waals surface area contributed by atoms with Crippen LogP contribution >= 0.6 is 0 Å². The molecule has 0 spiro atoms. The molecule has 1 saturated heterocycles. The van der Waals surface area contributed by atoms with Crippen LogP contribution in [0.1, 0.15) is 35.8 Å². The van der Waals surface area contributed by atoms with Crippen LogP contribution in [0.15, 0.2) is 30.5 Å². The number of carbonyl (C=O) groups excluding carboxylic acids is 2. The Kier molecular flexibility index (Phi) is 4.95. The third-order valence-corrected chi connectivity index (χ3v) is 5.29. The highest BCUT2D eigenvalue weighted by Gasteiger charge is 2.34. The van der Waals surface area contributed by atoms with E-state index in [2.05, 4.69) is 15.3 Å². The number of anilines is 1. The molecule has 2 aromatic rings. The Morgan fingerprint density at radius 3 is 2.86 bits per heavy atom. The molecule has 1 unspecified atom stereocenters.